The Morgan fingerprint density at radius 2 is 2.13 bits per heavy atom. The van der Waals surface area contributed by atoms with Crippen molar-refractivity contribution in [2.75, 3.05) is 19.6 Å². The van der Waals surface area contributed by atoms with E-state index in [-0.39, 0.29) is 12.5 Å². The van der Waals surface area contributed by atoms with Crippen LogP contribution in [-0.4, -0.2) is 47.8 Å². The van der Waals surface area contributed by atoms with Crippen molar-refractivity contribution in [2.45, 2.75) is 13.0 Å². The molecule has 0 aliphatic carbocycles. The minimum Gasteiger partial charge on any atom is -0.479 e. The molecular formula is C9H14N2O4. The van der Waals surface area contributed by atoms with E-state index in [9.17, 15) is 9.59 Å². The van der Waals surface area contributed by atoms with Crippen molar-refractivity contribution in [3.8, 4) is 0 Å². The van der Waals surface area contributed by atoms with Crippen LogP contribution in [0.1, 0.15) is 6.92 Å². The zero-order chi connectivity index (χ0) is 11.4. The molecule has 6 heteroatoms. The number of aliphatic hydroxyl groups excluding tert-OH is 1. The van der Waals surface area contributed by atoms with Gasteiger partial charge in [-0.1, -0.05) is 0 Å². The summed E-state index contributed by atoms with van der Waals surface area (Å²) in [5.74, 6) is -1.67. The van der Waals surface area contributed by atoms with Crippen LogP contribution in [0, 0.1) is 0 Å². The fourth-order valence-electron chi connectivity index (χ4n) is 1.08. The zero-order valence-electron chi connectivity index (χ0n) is 8.41. The van der Waals surface area contributed by atoms with E-state index in [1.54, 1.807) is 6.92 Å². The number of rotatable bonds is 4. The molecule has 0 radical (unpaired) electrons. The first-order chi connectivity index (χ1) is 7.02. The first-order valence-electron chi connectivity index (χ1n) is 4.60. The van der Waals surface area contributed by atoms with Crippen molar-refractivity contribution in [3.05, 3.63) is 11.1 Å². The molecule has 1 atom stereocenters. The molecule has 1 aliphatic heterocycles. The number of nitrogens with one attached hydrogen (secondary N) is 2. The predicted molar refractivity (Wildman–Crippen MR) is 52.2 cm³/mol. The Kier molecular flexibility index (Phi) is 3.81. The van der Waals surface area contributed by atoms with Gasteiger partial charge >= 0.3 is 5.97 Å². The van der Waals surface area contributed by atoms with Crippen molar-refractivity contribution in [1.82, 2.24) is 10.6 Å². The molecule has 0 aromatic heterocycles. The number of amides is 1. The molecule has 1 aliphatic rings. The fourth-order valence-corrected chi connectivity index (χ4v) is 1.08. The number of carbonyl (C=O) groups is 2. The average Bonchev–Trinajstić information content (AvgIpc) is 2.10. The fraction of sp³-hybridized carbons (Fsp3) is 0.556. The van der Waals surface area contributed by atoms with Gasteiger partial charge in [-0.15, -0.1) is 0 Å². The van der Waals surface area contributed by atoms with E-state index in [1.165, 1.54) is 0 Å². The Bertz CT molecular complexity index is 305. The third kappa shape index (κ3) is 3.03. The molecule has 1 saturated heterocycles. The Hall–Kier alpha value is -1.40. The SMILES string of the molecule is CC(C(=O)NCC(O)C(=O)O)=C1CNC1. The second-order valence-corrected chi connectivity index (χ2v) is 3.40. The van der Waals surface area contributed by atoms with Crippen LogP contribution in [0.15, 0.2) is 11.1 Å². The number of carbonyl (C=O) groups excluding carboxylic acids is 1. The molecule has 1 amide bonds. The van der Waals surface area contributed by atoms with Crippen LogP contribution in [0.4, 0.5) is 0 Å². The molecule has 0 bridgehead atoms. The van der Waals surface area contributed by atoms with E-state index in [0.717, 1.165) is 5.57 Å². The minimum atomic E-state index is -1.55. The van der Waals surface area contributed by atoms with E-state index < -0.39 is 12.1 Å². The van der Waals surface area contributed by atoms with E-state index in [4.69, 9.17) is 10.2 Å². The maximum Gasteiger partial charge on any atom is 0.334 e. The van der Waals surface area contributed by atoms with Crippen LogP contribution in [0.3, 0.4) is 0 Å². The third-order valence-electron chi connectivity index (χ3n) is 2.29. The number of hydrogen-bond acceptors (Lipinski definition) is 4. The zero-order valence-corrected chi connectivity index (χ0v) is 8.41. The van der Waals surface area contributed by atoms with Gasteiger partial charge in [0.2, 0.25) is 5.91 Å². The van der Waals surface area contributed by atoms with Gasteiger partial charge in [0.05, 0.1) is 6.54 Å². The van der Waals surface area contributed by atoms with Gasteiger partial charge in [0.1, 0.15) is 0 Å². The highest BCUT2D eigenvalue weighted by Gasteiger charge is 2.18. The van der Waals surface area contributed by atoms with Crippen molar-refractivity contribution in [3.63, 3.8) is 0 Å². The molecule has 0 saturated carbocycles. The molecule has 84 valence electrons. The Balaban J connectivity index is 2.39. The minimum absolute atomic E-state index is 0.272. The summed E-state index contributed by atoms with van der Waals surface area (Å²) in [6.45, 7) is 2.80. The highest BCUT2D eigenvalue weighted by Crippen LogP contribution is 2.08. The predicted octanol–water partition coefficient (Wildman–Crippen LogP) is -1.53. The summed E-state index contributed by atoms with van der Waals surface area (Å²) in [7, 11) is 0. The Morgan fingerprint density at radius 1 is 1.53 bits per heavy atom. The molecule has 0 aromatic carbocycles. The van der Waals surface area contributed by atoms with E-state index >= 15 is 0 Å². The molecular weight excluding hydrogens is 200 g/mol. The first kappa shape index (κ1) is 11.7. The molecule has 6 nitrogen and oxygen atoms in total. The van der Waals surface area contributed by atoms with Gasteiger partial charge in [0.15, 0.2) is 6.10 Å². The average molecular weight is 214 g/mol. The molecule has 1 unspecified atom stereocenters. The number of aliphatic carboxylic acids is 1. The summed E-state index contributed by atoms with van der Waals surface area (Å²) in [6, 6.07) is 0. The summed E-state index contributed by atoms with van der Waals surface area (Å²) in [5.41, 5.74) is 1.60. The molecule has 15 heavy (non-hydrogen) atoms. The molecule has 1 fully saturated rings. The van der Waals surface area contributed by atoms with Crippen LogP contribution in [-0.2, 0) is 9.59 Å². The van der Waals surface area contributed by atoms with Crippen molar-refractivity contribution < 1.29 is 19.8 Å². The lowest BCUT2D eigenvalue weighted by molar-refractivity contribution is -0.146. The summed E-state index contributed by atoms with van der Waals surface area (Å²) in [4.78, 5) is 21.7. The molecule has 0 spiro atoms. The van der Waals surface area contributed by atoms with E-state index in [2.05, 4.69) is 10.6 Å². The summed E-state index contributed by atoms with van der Waals surface area (Å²) in [5, 5.41) is 22.7. The molecule has 4 N–H and O–H groups in total. The molecule has 1 heterocycles. The number of aliphatic hydroxyl groups is 1. The van der Waals surface area contributed by atoms with E-state index in [0.29, 0.717) is 18.7 Å². The second-order valence-electron chi connectivity index (χ2n) is 3.40. The van der Waals surface area contributed by atoms with Crippen LogP contribution in [0.25, 0.3) is 0 Å². The summed E-state index contributed by atoms with van der Waals surface area (Å²) < 4.78 is 0. The Labute approximate surface area is 87.0 Å². The summed E-state index contributed by atoms with van der Waals surface area (Å²) in [6.07, 6.45) is -1.55. The van der Waals surface area contributed by atoms with Gasteiger partial charge in [-0.05, 0) is 12.5 Å². The monoisotopic (exact) mass is 214 g/mol. The third-order valence-corrected chi connectivity index (χ3v) is 2.29. The van der Waals surface area contributed by atoms with Crippen LogP contribution >= 0.6 is 0 Å². The maximum absolute atomic E-state index is 11.4. The lowest BCUT2D eigenvalue weighted by Crippen LogP contribution is -2.40. The quantitative estimate of drug-likeness (QED) is 0.425. The van der Waals surface area contributed by atoms with Crippen molar-refractivity contribution in [2.24, 2.45) is 0 Å². The van der Waals surface area contributed by atoms with Crippen LogP contribution in [0.2, 0.25) is 0 Å². The van der Waals surface area contributed by atoms with Gasteiger partial charge in [0, 0.05) is 18.7 Å². The van der Waals surface area contributed by atoms with Gasteiger partial charge in [-0.3, -0.25) is 4.79 Å². The van der Waals surface area contributed by atoms with Crippen LogP contribution < -0.4 is 10.6 Å². The smallest absolute Gasteiger partial charge is 0.334 e. The number of carboxylic acid groups (broad SMARTS) is 1. The summed E-state index contributed by atoms with van der Waals surface area (Å²) >= 11 is 0. The number of hydrogen-bond donors (Lipinski definition) is 4. The van der Waals surface area contributed by atoms with Crippen molar-refractivity contribution in [1.29, 1.82) is 0 Å². The second kappa shape index (κ2) is 4.90. The topological polar surface area (TPSA) is 98.7 Å². The number of carboxylic acids is 1. The maximum atomic E-state index is 11.4. The normalized spacial score (nSPS) is 16.5. The lowest BCUT2D eigenvalue weighted by atomic mass is 10.0. The molecule has 1 rings (SSSR count). The van der Waals surface area contributed by atoms with E-state index in [1.807, 2.05) is 0 Å². The van der Waals surface area contributed by atoms with Gasteiger partial charge in [-0.2, -0.15) is 0 Å². The first-order valence-corrected chi connectivity index (χ1v) is 4.60. The standard InChI is InChI=1S/C9H14N2O4/c1-5(6-2-10-3-6)8(13)11-4-7(12)9(14)15/h7,10,12H,2-4H2,1H3,(H,11,13)(H,14,15). The van der Waals surface area contributed by atoms with Crippen molar-refractivity contribution >= 4 is 11.9 Å². The van der Waals surface area contributed by atoms with Gasteiger partial charge in [-0.25, -0.2) is 4.79 Å². The van der Waals surface area contributed by atoms with Gasteiger partial charge in [0.25, 0.3) is 0 Å². The highest BCUT2D eigenvalue weighted by atomic mass is 16.4. The largest absolute Gasteiger partial charge is 0.479 e. The van der Waals surface area contributed by atoms with Crippen LogP contribution in [0.5, 0.6) is 0 Å². The molecule has 0 aromatic rings. The van der Waals surface area contributed by atoms with Gasteiger partial charge < -0.3 is 20.8 Å². The Morgan fingerprint density at radius 3 is 2.53 bits per heavy atom. The highest BCUT2D eigenvalue weighted by molar-refractivity contribution is 5.94. The lowest BCUT2D eigenvalue weighted by Gasteiger charge is -2.21.